The topological polar surface area (TPSA) is 9.23 Å². The van der Waals surface area contributed by atoms with Crippen LogP contribution in [0, 0.1) is 0 Å². The average Bonchev–Trinajstić information content (AvgIpc) is 2.90. The number of hydrogen-bond acceptors (Lipinski definition) is 1. The molecule has 180 valence electrons. The molecular formula is C31H50O. The summed E-state index contributed by atoms with van der Waals surface area (Å²) in [5, 5.41) is 0. The van der Waals surface area contributed by atoms with E-state index in [4.69, 9.17) is 4.74 Å². The third kappa shape index (κ3) is 12.3. The lowest BCUT2D eigenvalue weighted by molar-refractivity contribution is 0.0573. The molecule has 1 aromatic carbocycles. The van der Waals surface area contributed by atoms with Gasteiger partial charge >= 0.3 is 0 Å². The van der Waals surface area contributed by atoms with Gasteiger partial charge in [-0.3, -0.25) is 0 Å². The van der Waals surface area contributed by atoms with Crippen LogP contribution in [-0.2, 0) is 10.3 Å². The fourth-order valence-corrected chi connectivity index (χ4v) is 2.64. The maximum atomic E-state index is 6.11. The van der Waals surface area contributed by atoms with Gasteiger partial charge in [0.1, 0.15) is 5.60 Å². The lowest BCUT2D eigenvalue weighted by Crippen LogP contribution is -2.32. The normalized spacial score (nSPS) is 12.3. The van der Waals surface area contributed by atoms with Crippen LogP contribution in [0.1, 0.15) is 67.9 Å². The van der Waals surface area contributed by atoms with Crippen molar-refractivity contribution in [3.8, 4) is 0 Å². The van der Waals surface area contributed by atoms with Crippen molar-refractivity contribution in [3.63, 3.8) is 0 Å². The molecule has 0 radical (unpaired) electrons. The van der Waals surface area contributed by atoms with Crippen molar-refractivity contribution in [2.75, 3.05) is 7.11 Å². The van der Waals surface area contributed by atoms with Crippen LogP contribution in [-0.4, -0.2) is 7.11 Å². The number of ether oxygens (including phenoxy) is 1. The van der Waals surface area contributed by atoms with Crippen molar-refractivity contribution in [1.29, 1.82) is 0 Å². The number of methoxy groups -OCH3 is 1. The first-order valence-corrected chi connectivity index (χ1v) is 11.9. The summed E-state index contributed by atoms with van der Waals surface area (Å²) in [5.74, 6) is 0. The third-order valence-electron chi connectivity index (χ3n) is 3.70. The van der Waals surface area contributed by atoms with Crippen molar-refractivity contribution in [2.45, 2.75) is 67.9 Å². The number of benzene rings is 1. The van der Waals surface area contributed by atoms with Gasteiger partial charge in [0.2, 0.25) is 0 Å². The monoisotopic (exact) mass is 438 g/mol. The van der Waals surface area contributed by atoms with Crippen LogP contribution in [0.3, 0.4) is 0 Å². The zero-order valence-corrected chi connectivity index (χ0v) is 22.6. The highest BCUT2D eigenvalue weighted by atomic mass is 16.5. The molecule has 0 N–H and O–H groups in total. The molecule has 1 aromatic rings. The SMILES string of the molecule is C=C/C=C\C(=C/C=C)C(OC)(/C(C=C)=C/C=C\C)c1ccccc1.CC.CC.CC.CC. The molecule has 1 nitrogen and oxygen atoms in total. The summed E-state index contributed by atoms with van der Waals surface area (Å²) < 4.78 is 6.11. The molecule has 0 saturated carbocycles. The predicted molar refractivity (Wildman–Crippen MR) is 151 cm³/mol. The zero-order chi connectivity index (χ0) is 25.8. The minimum absolute atomic E-state index is 0.782. The van der Waals surface area contributed by atoms with Gasteiger partial charge in [0.05, 0.1) is 0 Å². The van der Waals surface area contributed by atoms with E-state index in [9.17, 15) is 0 Å². The van der Waals surface area contributed by atoms with E-state index in [0.29, 0.717) is 0 Å². The molecule has 1 atom stereocenters. The van der Waals surface area contributed by atoms with Crippen molar-refractivity contribution < 1.29 is 4.74 Å². The first kappa shape index (κ1) is 36.7. The molecule has 1 rings (SSSR count). The van der Waals surface area contributed by atoms with Gasteiger partial charge in [-0.15, -0.1) is 0 Å². The average molecular weight is 439 g/mol. The molecular weight excluding hydrogens is 388 g/mol. The van der Waals surface area contributed by atoms with E-state index >= 15 is 0 Å². The molecule has 0 amide bonds. The maximum absolute atomic E-state index is 6.11. The molecule has 0 bridgehead atoms. The fourth-order valence-electron chi connectivity index (χ4n) is 2.64. The Morgan fingerprint density at radius 3 is 1.66 bits per heavy atom. The van der Waals surface area contributed by atoms with Crippen LogP contribution in [0.4, 0.5) is 0 Å². The Hall–Kier alpha value is -2.64. The summed E-state index contributed by atoms with van der Waals surface area (Å²) in [6.45, 7) is 29.6. The Balaban J connectivity index is -0.000000439. The summed E-state index contributed by atoms with van der Waals surface area (Å²) in [4.78, 5) is 0. The molecule has 0 aliphatic rings. The summed E-state index contributed by atoms with van der Waals surface area (Å²) >= 11 is 0. The third-order valence-corrected chi connectivity index (χ3v) is 3.70. The quantitative estimate of drug-likeness (QED) is 0.348. The molecule has 32 heavy (non-hydrogen) atoms. The highest BCUT2D eigenvalue weighted by Gasteiger charge is 2.37. The highest BCUT2D eigenvalue weighted by Crippen LogP contribution is 2.41. The maximum Gasteiger partial charge on any atom is 0.143 e. The van der Waals surface area contributed by atoms with Gasteiger partial charge in [-0.1, -0.05) is 160 Å². The van der Waals surface area contributed by atoms with E-state index in [2.05, 4.69) is 31.9 Å². The van der Waals surface area contributed by atoms with Crippen LogP contribution in [0.5, 0.6) is 0 Å². The Morgan fingerprint density at radius 1 is 0.750 bits per heavy atom. The Morgan fingerprint density at radius 2 is 1.28 bits per heavy atom. The van der Waals surface area contributed by atoms with Gasteiger partial charge in [0.15, 0.2) is 0 Å². The second-order valence-electron chi connectivity index (χ2n) is 5.06. The van der Waals surface area contributed by atoms with Gasteiger partial charge in [0.25, 0.3) is 0 Å². The lowest BCUT2D eigenvalue weighted by Gasteiger charge is -2.36. The van der Waals surface area contributed by atoms with Gasteiger partial charge in [-0.2, -0.15) is 0 Å². The molecule has 0 saturated heterocycles. The van der Waals surface area contributed by atoms with Gasteiger partial charge in [0, 0.05) is 7.11 Å². The Kier molecular flexibility index (Phi) is 32.5. The van der Waals surface area contributed by atoms with Crippen molar-refractivity contribution in [1.82, 2.24) is 0 Å². The fraction of sp³-hybridized carbons (Fsp3) is 0.355. The van der Waals surface area contributed by atoms with Gasteiger partial charge in [-0.25, -0.2) is 0 Å². The van der Waals surface area contributed by atoms with Crippen molar-refractivity contribution in [3.05, 3.63) is 121 Å². The van der Waals surface area contributed by atoms with Crippen LogP contribution in [0.15, 0.2) is 116 Å². The first-order chi connectivity index (χ1) is 15.7. The Labute approximate surface area is 201 Å². The lowest BCUT2D eigenvalue weighted by atomic mass is 9.78. The number of hydrogen-bond donors (Lipinski definition) is 0. The van der Waals surface area contributed by atoms with E-state index in [0.717, 1.165) is 16.7 Å². The summed E-state index contributed by atoms with van der Waals surface area (Å²) in [6, 6.07) is 10.1. The van der Waals surface area contributed by atoms with E-state index in [1.165, 1.54) is 0 Å². The highest BCUT2D eigenvalue weighted by molar-refractivity contribution is 5.53. The molecule has 1 unspecified atom stereocenters. The standard InChI is InChI=1S/C23H26O.4C2H6/c1-6-10-16-20(9-4)23(24-5,22-18-13-12-14-19-22)21(15-8-3)17-11-7-2;4*1-2/h6-19H,2-4H2,1,5H3;4*1-2H3/b10-6-,17-11-,20-16+,21-15+;;;;. The summed E-state index contributed by atoms with van der Waals surface area (Å²) in [7, 11) is 1.71. The second-order valence-corrected chi connectivity index (χ2v) is 5.06. The smallest absolute Gasteiger partial charge is 0.143 e. The predicted octanol–water partition coefficient (Wildman–Crippen LogP) is 10.2. The molecule has 0 aliphatic heterocycles. The van der Waals surface area contributed by atoms with Crippen molar-refractivity contribution in [2.24, 2.45) is 0 Å². The molecule has 0 heterocycles. The number of rotatable bonds is 9. The van der Waals surface area contributed by atoms with Crippen LogP contribution in [0.25, 0.3) is 0 Å². The van der Waals surface area contributed by atoms with E-state index in [1.807, 2.05) is 123 Å². The van der Waals surface area contributed by atoms with Gasteiger partial charge < -0.3 is 4.74 Å². The second kappa shape index (κ2) is 28.4. The molecule has 0 aliphatic carbocycles. The summed E-state index contributed by atoms with van der Waals surface area (Å²) in [6.07, 6.45) is 17.1. The molecule has 0 aromatic heterocycles. The van der Waals surface area contributed by atoms with E-state index in [-0.39, 0.29) is 0 Å². The van der Waals surface area contributed by atoms with Crippen molar-refractivity contribution >= 4 is 0 Å². The van der Waals surface area contributed by atoms with Crippen LogP contribution >= 0.6 is 0 Å². The van der Waals surface area contributed by atoms with E-state index < -0.39 is 5.60 Å². The minimum Gasteiger partial charge on any atom is -0.364 e. The van der Waals surface area contributed by atoms with Crippen LogP contribution in [0.2, 0.25) is 0 Å². The molecule has 0 spiro atoms. The molecule has 0 fully saturated rings. The largest absolute Gasteiger partial charge is 0.364 e. The molecule has 1 heteroatoms. The van der Waals surface area contributed by atoms with E-state index in [1.54, 1.807) is 19.3 Å². The minimum atomic E-state index is -0.782. The van der Waals surface area contributed by atoms with Crippen LogP contribution < -0.4 is 0 Å². The zero-order valence-electron chi connectivity index (χ0n) is 22.6. The summed E-state index contributed by atoms with van der Waals surface area (Å²) in [5.41, 5.74) is 2.12. The Bertz CT molecular complexity index is 672. The first-order valence-electron chi connectivity index (χ1n) is 11.9. The van der Waals surface area contributed by atoms with Gasteiger partial charge in [-0.05, 0) is 23.6 Å². The number of allylic oxidation sites excluding steroid dienone is 7.